The molecule has 0 saturated heterocycles. The topological polar surface area (TPSA) is 64.6 Å². The van der Waals surface area contributed by atoms with E-state index in [0.29, 0.717) is 30.8 Å². The van der Waals surface area contributed by atoms with Gasteiger partial charge >= 0.3 is 13.5 Å². The van der Waals surface area contributed by atoms with Crippen molar-refractivity contribution in [2.45, 2.75) is 39.1 Å². The van der Waals surface area contributed by atoms with Crippen LogP contribution in [0.15, 0.2) is 18.2 Å². The molecule has 0 aliphatic carbocycles. The predicted molar refractivity (Wildman–Crippen MR) is 79.3 cm³/mol. The van der Waals surface area contributed by atoms with Gasteiger partial charge in [0, 0.05) is 12.4 Å². The van der Waals surface area contributed by atoms with Gasteiger partial charge < -0.3 is 14.7 Å². The lowest BCUT2D eigenvalue weighted by Crippen LogP contribution is -2.45. The minimum atomic E-state index is -0.377. The lowest BCUT2D eigenvalue weighted by molar-refractivity contribution is -0.121. The van der Waals surface area contributed by atoms with Gasteiger partial charge in [-0.2, -0.15) is 0 Å². The van der Waals surface area contributed by atoms with Gasteiger partial charge in [0.2, 0.25) is 5.91 Å². The minimum absolute atomic E-state index is 0.0261. The molecule has 0 bridgehead atoms. The van der Waals surface area contributed by atoms with Crippen LogP contribution in [0.5, 0.6) is 5.75 Å². The third kappa shape index (κ3) is 3.77. The van der Waals surface area contributed by atoms with Gasteiger partial charge in [0.1, 0.15) is 11.3 Å². The summed E-state index contributed by atoms with van der Waals surface area (Å²) < 4.78 is 10.7. The van der Waals surface area contributed by atoms with Crippen molar-refractivity contribution in [1.29, 1.82) is 0 Å². The first kappa shape index (κ1) is 15.4. The van der Waals surface area contributed by atoms with Crippen LogP contribution in [0.3, 0.4) is 0 Å². The minimum Gasteiger partial charge on any atom is -0.560 e. The Balaban J connectivity index is 2.12. The van der Waals surface area contributed by atoms with Crippen molar-refractivity contribution in [1.82, 2.24) is 5.32 Å². The second kappa shape index (κ2) is 7.15. The summed E-state index contributed by atoms with van der Waals surface area (Å²) in [4.78, 5) is 23.4. The number of hydrogen-bond acceptors (Lipinski definition) is 4. The Labute approximate surface area is 125 Å². The van der Waals surface area contributed by atoms with Gasteiger partial charge in [-0.15, -0.1) is 0 Å². The van der Waals surface area contributed by atoms with Crippen LogP contribution in [0.2, 0.25) is 0 Å². The molecule has 0 spiro atoms. The van der Waals surface area contributed by atoms with E-state index in [2.05, 4.69) is 5.32 Å². The largest absolute Gasteiger partial charge is 0.560 e. The molecule has 1 heterocycles. The first-order valence-corrected chi connectivity index (χ1v) is 7.24. The zero-order valence-electron chi connectivity index (χ0n) is 12.3. The van der Waals surface area contributed by atoms with Crippen LogP contribution in [0.1, 0.15) is 42.6 Å². The van der Waals surface area contributed by atoms with Gasteiger partial charge in [0.15, 0.2) is 0 Å². The van der Waals surface area contributed by atoms with E-state index in [1.54, 1.807) is 26.5 Å². The number of benzene rings is 1. The lowest BCUT2D eigenvalue weighted by atomic mass is 9.79. The van der Waals surface area contributed by atoms with Crippen LogP contribution in [0, 0.1) is 0 Å². The van der Waals surface area contributed by atoms with Crippen molar-refractivity contribution in [3.63, 3.8) is 0 Å². The van der Waals surface area contributed by atoms with E-state index >= 15 is 0 Å². The lowest BCUT2D eigenvalue weighted by Gasteiger charge is -2.26. The first-order chi connectivity index (χ1) is 10.2. The molecule has 0 aromatic heterocycles. The van der Waals surface area contributed by atoms with Crippen molar-refractivity contribution < 1.29 is 19.0 Å². The van der Waals surface area contributed by atoms with Gasteiger partial charge in [-0.1, -0.05) is 26.0 Å². The Hall–Kier alpha value is -1.98. The number of carbonyl (C=O) groups excluding carboxylic acids is 2. The smallest absolute Gasteiger partial charge is 0.394 e. The summed E-state index contributed by atoms with van der Waals surface area (Å²) in [5.74, 6) is -0.0487. The quantitative estimate of drug-likeness (QED) is 0.661. The summed E-state index contributed by atoms with van der Waals surface area (Å²) >= 11 is 0. The van der Waals surface area contributed by atoms with Gasteiger partial charge in [-0.3, -0.25) is 4.79 Å². The number of nitrogens with one attached hydrogen (secondary N) is 1. The molecule has 1 N–H and O–H groups in total. The van der Waals surface area contributed by atoms with Crippen molar-refractivity contribution in [2.24, 2.45) is 0 Å². The number of rotatable bonds is 5. The molecule has 0 fully saturated rings. The molecule has 1 amide bonds. The molecule has 1 unspecified atom stereocenters. The van der Waals surface area contributed by atoms with E-state index in [0.717, 1.165) is 12.0 Å². The second-order valence-electron chi connectivity index (χ2n) is 4.92. The van der Waals surface area contributed by atoms with E-state index in [1.807, 2.05) is 13.0 Å². The molecule has 1 aliphatic heterocycles. The van der Waals surface area contributed by atoms with E-state index in [1.165, 1.54) is 0 Å². The molecule has 1 atom stereocenters. The highest BCUT2D eigenvalue weighted by Crippen LogP contribution is 2.29. The van der Waals surface area contributed by atoms with E-state index in [4.69, 9.17) is 9.39 Å². The summed E-state index contributed by atoms with van der Waals surface area (Å²) in [5.41, 5.74) is 1.32. The molecule has 6 heteroatoms. The summed E-state index contributed by atoms with van der Waals surface area (Å²) in [6.07, 6.45) is 1.81. The van der Waals surface area contributed by atoms with Crippen molar-refractivity contribution in [3.8, 4) is 5.75 Å². The second-order valence-corrected chi connectivity index (χ2v) is 4.92. The highest BCUT2D eigenvalue weighted by atomic mass is 16.5. The fourth-order valence-corrected chi connectivity index (χ4v) is 2.15. The normalized spacial score (nSPS) is 16.2. The standard InChI is InChI=1S/C15H19BNO4/c1-3-8-20-15(19)11-7-5-6-10-9-12(16-21-14(10)11)17-13(18)4-2/h5-7,12H,3-4,8-9H2,1-2H3,(H,17,18). The third-order valence-electron chi connectivity index (χ3n) is 3.21. The van der Waals surface area contributed by atoms with Crippen LogP contribution in [-0.4, -0.2) is 31.9 Å². The molecule has 1 aliphatic rings. The van der Waals surface area contributed by atoms with Crippen LogP contribution in [0.4, 0.5) is 0 Å². The maximum Gasteiger partial charge on any atom is 0.394 e. The average molecular weight is 288 g/mol. The number of esters is 1. The molecule has 2 rings (SSSR count). The Morgan fingerprint density at radius 3 is 2.95 bits per heavy atom. The first-order valence-electron chi connectivity index (χ1n) is 7.24. The van der Waals surface area contributed by atoms with E-state index in [9.17, 15) is 9.59 Å². The third-order valence-corrected chi connectivity index (χ3v) is 3.21. The van der Waals surface area contributed by atoms with Crippen molar-refractivity contribution in [3.05, 3.63) is 29.3 Å². The fourth-order valence-electron chi connectivity index (χ4n) is 2.15. The van der Waals surface area contributed by atoms with Gasteiger partial charge in [0.05, 0.1) is 6.61 Å². The van der Waals surface area contributed by atoms with Gasteiger partial charge in [0.25, 0.3) is 0 Å². The summed E-state index contributed by atoms with van der Waals surface area (Å²) in [7, 11) is 1.56. The number of para-hydroxylation sites is 1. The molecular weight excluding hydrogens is 269 g/mol. The zero-order chi connectivity index (χ0) is 15.2. The van der Waals surface area contributed by atoms with Crippen LogP contribution in [0.25, 0.3) is 0 Å². The molecule has 0 saturated carbocycles. The van der Waals surface area contributed by atoms with Crippen LogP contribution < -0.4 is 9.97 Å². The molecule has 5 nitrogen and oxygen atoms in total. The molecular formula is C15H19BNO4. The monoisotopic (exact) mass is 288 g/mol. The number of fused-ring (bicyclic) bond motifs is 1. The van der Waals surface area contributed by atoms with Crippen LogP contribution in [-0.2, 0) is 16.0 Å². The number of carbonyl (C=O) groups is 2. The molecule has 1 aromatic rings. The summed E-state index contributed by atoms with van der Waals surface area (Å²) in [5, 5.41) is 2.86. The predicted octanol–water partition coefficient (Wildman–Crippen LogP) is 1.66. The molecule has 111 valence electrons. The maximum atomic E-state index is 12.0. The Morgan fingerprint density at radius 1 is 1.43 bits per heavy atom. The van der Waals surface area contributed by atoms with Crippen molar-refractivity contribution >= 4 is 19.4 Å². The van der Waals surface area contributed by atoms with E-state index < -0.39 is 0 Å². The Morgan fingerprint density at radius 2 is 2.24 bits per heavy atom. The van der Waals surface area contributed by atoms with Crippen LogP contribution >= 0.6 is 0 Å². The molecule has 1 radical (unpaired) electrons. The van der Waals surface area contributed by atoms with Gasteiger partial charge in [-0.05, 0) is 24.5 Å². The summed E-state index contributed by atoms with van der Waals surface area (Å²) in [6.45, 7) is 4.13. The average Bonchev–Trinajstić information content (AvgIpc) is 2.51. The van der Waals surface area contributed by atoms with Crippen molar-refractivity contribution in [2.75, 3.05) is 6.61 Å². The number of hydrogen-bond donors (Lipinski definition) is 1. The molecule has 21 heavy (non-hydrogen) atoms. The Kier molecular flexibility index (Phi) is 5.25. The molecule has 1 aromatic carbocycles. The van der Waals surface area contributed by atoms with Gasteiger partial charge in [-0.25, -0.2) is 4.79 Å². The highest BCUT2D eigenvalue weighted by Gasteiger charge is 2.27. The maximum absolute atomic E-state index is 12.0. The SMILES string of the molecule is CCCOC(=O)c1cccc2c1O[B]C(NC(=O)CC)C2. The fraction of sp³-hybridized carbons (Fsp3) is 0.467. The Bertz CT molecular complexity index is 532. The summed E-state index contributed by atoms with van der Waals surface area (Å²) in [6, 6.07) is 5.38. The number of ether oxygens (including phenoxy) is 1. The zero-order valence-corrected chi connectivity index (χ0v) is 12.3. The van der Waals surface area contributed by atoms with E-state index in [-0.39, 0.29) is 17.8 Å². The highest BCUT2D eigenvalue weighted by molar-refractivity contribution is 6.32. The number of amides is 1.